The minimum Gasteiger partial charge on any atom is -0.399 e. The number of aliphatic hydroxyl groups is 4. The Labute approximate surface area is 127 Å². The third kappa shape index (κ3) is 3.38. The Morgan fingerprint density at radius 2 is 1.86 bits per heavy atom. The smallest absolute Gasteiger partial charge is 0.241 e. The summed E-state index contributed by atoms with van der Waals surface area (Å²) in [7, 11) is -4.03. The number of benzene rings is 1. The van der Waals surface area contributed by atoms with Crippen LogP contribution in [0.2, 0.25) is 0 Å². The van der Waals surface area contributed by atoms with Gasteiger partial charge in [0.05, 0.1) is 11.5 Å². The maximum absolute atomic E-state index is 12.2. The van der Waals surface area contributed by atoms with Gasteiger partial charge in [-0.1, -0.05) is 0 Å². The lowest BCUT2D eigenvalue weighted by Crippen LogP contribution is -2.49. The molecule has 0 bridgehead atoms. The first kappa shape index (κ1) is 17.1. The zero-order valence-corrected chi connectivity index (χ0v) is 12.2. The molecule has 2 rings (SSSR count). The minimum atomic E-state index is -4.03. The lowest BCUT2D eigenvalue weighted by atomic mass is 10.1. The highest BCUT2D eigenvalue weighted by atomic mass is 32.2. The van der Waals surface area contributed by atoms with Crippen molar-refractivity contribution in [1.29, 1.82) is 0 Å². The molecule has 5 atom stereocenters. The number of nitrogen functional groups attached to an aromatic ring is 1. The van der Waals surface area contributed by atoms with E-state index in [1.165, 1.54) is 24.3 Å². The van der Waals surface area contributed by atoms with E-state index in [1.54, 1.807) is 0 Å². The second kappa shape index (κ2) is 6.46. The van der Waals surface area contributed by atoms with Crippen molar-refractivity contribution >= 4 is 15.7 Å². The van der Waals surface area contributed by atoms with Crippen molar-refractivity contribution in [3.63, 3.8) is 0 Å². The van der Waals surface area contributed by atoms with Gasteiger partial charge in [-0.25, -0.2) is 13.1 Å². The van der Waals surface area contributed by atoms with E-state index in [0.717, 1.165) is 0 Å². The van der Waals surface area contributed by atoms with Gasteiger partial charge < -0.3 is 30.9 Å². The molecule has 1 saturated heterocycles. The molecule has 1 heterocycles. The summed E-state index contributed by atoms with van der Waals surface area (Å²) < 4.78 is 31.4. The van der Waals surface area contributed by atoms with Crippen LogP contribution in [0.15, 0.2) is 29.2 Å². The second-order valence-corrected chi connectivity index (χ2v) is 6.66. The average molecular weight is 334 g/mol. The highest BCUT2D eigenvalue weighted by molar-refractivity contribution is 7.89. The van der Waals surface area contributed by atoms with Gasteiger partial charge in [0, 0.05) is 5.69 Å². The van der Waals surface area contributed by atoms with Crippen molar-refractivity contribution in [2.75, 3.05) is 12.3 Å². The van der Waals surface area contributed by atoms with Crippen LogP contribution in [0.1, 0.15) is 0 Å². The molecule has 7 N–H and O–H groups in total. The van der Waals surface area contributed by atoms with Crippen LogP contribution < -0.4 is 10.5 Å². The molecule has 1 aliphatic heterocycles. The zero-order chi connectivity index (χ0) is 16.5. The third-order valence-corrected chi connectivity index (χ3v) is 4.83. The topological polar surface area (TPSA) is 162 Å². The quantitative estimate of drug-likeness (QED) is 0.318. The monoisotopic (exact) mass is 334 g/mol. The summed E-state index contributed by atoms with van der Waals surface area (Å²) in [6, 6.07) is 3.95. The summed E-state index contributed by atoms with van der Waals surface area (Å²) in [5.74, 6) is 0. The Balaban J connectivity index is 2.17. The van der Waals surface area contributed by atoms with Crippen molar-refractivity contribution in [2.24, 2.45) is 0 Å². The minimum absolute atomic E-state index is 0.104. The number of rotatable bonds is 5. The Bertz CT molecular complexity index is 606. The number of sulfonamides is 1. The van der Waals surface area contributed by atoms with E-state index in [0.29, 0.717) is 5.69 Å². The van der Waals surface area contributed by atoms with Gasteiger partial charge in [0.15, 0.2) is 6.29 Å². The van der Waals surface area contributed by atoms with Crippen molar-refractivity contribution in [3.8, 4) is 0 Å². The maximum Gasteiger partial charge on any atom is 0.241 e. The van der Waals surface area contributed by atoms with Gasteiger partial charge in [0.2, 0.25) is 10.0 Å². The van der Waals surface area contributed by atoms with Crippen LogP contribution in [0.3, 0.4) is 0 Å². The Morgan fingerprint density at radius 1 is 1.27 bits per heavy atom. The van der Waals surface area contributed by atoms with Gasteiger partial charge in [-0.05, 0) is 24.3 Å². The van der Waals surface area contributed by atoms with E-state index in [-0.39, 0.29) is 4.90 Å². The summed E-state index contributed by atoms with van der Waals surface area (Å²) in [6.45, 7) is -0.703. The molecule has 0 saturated carbocycles. The molecule has 10 heteroatoms. The molecular weight excluding hydrogens is 316 g/mol. The van der Waals surface area contributed by atoms with Crippen LogP contribution in [0.25, 0.3) is 0 Å². The van der Waals surface area contributed by atoms with Crippen LogP contribution >= 0.6 is 0 Å². The SMILES string of the molecule is Nc1ccc(S(=O)(=O)NC2C(O)OC(C(O)CO)C2O)cc1. The number of aliphatic hydroxyl groups excluding tert-OH is 4. The van der Waals surface area contributed by atoms with E-state index in [9.17, 15) is 23.7 Å². The van der Waals surface area contributed by atoms with Crippen molar-refractivity contribution < 1.29 is 33.6 Å². The number of hydrogen-bond acceptors (Lipinski definition) is 8. The van der Waals surface area contributed by atoms with E-state index in [1.807, 2.05) is 0 Å². The molecule has 0 aromatic heterocycles. The number of hydrogen-bond donors (Lipinski definition) is 6. The van der Waals surface area contributed by atoms with Crippen molar-refractivity contribution in [2.45, 2.75) is 35.5 Å². The van der Waals surface area contributed by atoms with Crippen LogP contribution in [0.4, 0.5) is 5.69 Å². The Morgan fingerprint density at radius 3 is 2.41 bits per heavy atom. The van der Waals surface area contributed by atoms with E-state index in [2.05, 4.69) is 4.72 Å². The van der Waals surface area contributed by atoms with Crippen LogP contribution in [-0.2, 0) is 14.8 Å². The first-order chi connectivity index (χ1) is 10.3. The first-order valence-electron chi connectivity index (χ1n) is 6.44. The fourth-order valence-electron chi connectivity index (χ4n) is 2.14. The van der Waals surface area contributed by atoms with Crippen LogP contribution in [0.5, 0.6) is 0 Å². The number of nitrogens with one attached hydrogen (secondary N) is 1. The molecular formula is C12H18N2O7S. The lowest BCUT2D eigenvalue weighted by Gasteiger charge is -2.21. The number of ether oxygens (including phenoxy) is 1. The molecule has 22 heavy (non-hydrogen) atoms. The Kier molecular flexibility index (Phi) is 5.02. The summed E-state index contributed by atoms with van der Waals surface area (Å²) in [5, 5.41) is 38.0. The normalized spacial score (nSPS) is 30.4. The summed E-state index contributed by atoms with van der Waals surface area (Å²) >= 11 is 0. The second-order valence-electron chi connectivity index (χ2n) is 4.95. The molecule has 1 aromatic rings. The fraction of sp³-hybridized carbons (Fsp3) is 0.500. The first-order valence-corrected chi connectivity index (χ1v) is 7.93. The number of nitrogens with two attached hydrogens (primary N) is 1. The molecule has 0 radical (unpaired) electrons. The largest absolute Gasteiger partial charge is 0.399 e. The molecule has 5 unspecified atom stereocenters. The molecule has 124 valence electrons. The van der Waals surface area contributed by atoms with Gasteiger partial charge >= 0.3 is 0 Å². The lowest BCUT2D eigenvalue weighted by molar-refractivity contribution is -0.138. The third-order valence-electron chi connectivity index (χ3n) is 3.36. The zero-order valence-electron chi connectivity index (χ0n) is 11.4. The van der Waals surface area contributed by atoms with E-state index < -0.39 is 47.3 Å². The van der Waals surface area contributed by atoms with Crippen LogP contribution in [-0.4, -0.2) is 66.1 Å². The van der Waals surface area contributed by atoms with Crippen molar-refractivity contribution in [3.05, 3.63) is 24.3 Å². The van der Waals surface area contributed by atoms with Gasteiger partial charge in [0.25, 0.3) is 0 Å². The molecule has 1 fully saturated rings. The predicted octanol–water partition coefficient (Wildman–Crippen LogP) is -2.65. The summed E-state index contributed by atoms with van der Waals surface area (Å²) in [5.41, 5.74) is 5.86. The average Bonchev–Trinajstić information content (AvgIpc) is 2.74. The molecule has 1 aliphatic rings. The highest BCUT2D eigenvalue weighted by Gasteiger charge is 2.47. The summed E-state index contributed by atoms with van der Waals surface area (Å²) in [6.07, 6.45) is -5.94. The van der Waals surface area contributed by atoms with E-state index in [4.69, 9.17) is 15.6 Å². The molecule has 9 nitrogen and oxygen atoms in total. The van der Waals surface area contributed by atoms with Gasteiger partial charge in [-0.3, -0.25) is 0 Å². The van der Waals surface area contributed by atoms with Gasteiger partial charge in [-0.2, -0.15) is 0 Å². The molecule has 0 amide bonds. The Hall–Kier alpha value is -1.27. The molecule has 1 aromatic carbocycles. The predicted molar refractivity (Wildman–Crippen MR) is 74.9 cm³/mol. The molecule has 0 aliphatic carbocycles. The fourth-order valence-corrected chi connectivity index (χ4v) is 3.39. The van der Waals surface area contributed by atoms with E-state index >= 15 is 0 Å². The van der Waals surface area contributed by atoms with Gasteiger partial charge in [0.1, 0.15) is 24.4 Å². The van der Waals surface area contributed by atoms with Gasteiger partial charge in [-0.15, -0.1) is 0 Å². The number of anilines is 1. The summed E-state index contributed by atoms with van der Waals surface area (Å²) in [4.78, 5) is -0.104. The maximum atomic E-state index is 12.2. The highest BCUT2D eigenvalue weighted by Crippen LogP contribution is 2.24. The van der Waals surface area contributed by atoms with Crippen molar-refractivity contribution in [1.82, 2.24) is 4.72 Å². The molecule has 0 spiro atoms. The standard InChI is InChI=1S/C12H18N2O7S/c13-6-1-3-7(4-2-6)22(19,20)14-9-10(17)11(8(16)5-15)21-12(9)18/h1-4,8-12,14-18H,5,13H2. The van der Waals surface area contributed by atoms with Crippen LogP contribution in [0, 0.1) is 0 Å².